The Kier molecular flexibility index (Phi) is 56.0. The second kappa shape index (κ2) is 59.3. The zero-order valence-electron chi connectivity index (χ0n) is 73.2. The Labute approximate surface area is 680 Å². The average Bonchev–Trinajstić information content (AvgIpc) is 0.928. The van der Waals surface area contributed by atoms with Crippen LogP contribution in [0.25, 0.3) is 0 Å². The van der Waals surface area contributed by atoms with E-state index in [1.54, 1.807) is 130 Å². The minimum Gasteiger partial charge on any atom is -0.481 e. The number of aliphatic carboxylic acids is 2. The Morgan fingerprint density at radius 2 is 0.816 bits per heavy atom. The molecule has 636 valence electrons. The number of amides is 8. The SMILES string of the molecule is CC(C)CC(=O)N(C)C.CC(C)CC(=O)N(C)Cc1ccccc1CC(=O)O.CC(C)CC(=O)N(C)[C@@H](C)C(=O)O.CC(C)CC(=O)N(C)c1ccccn1.CC(C)CC(=O)N(C)c1cccnc1.CC(C)CC(=O)N(C)c1ccncc1.CC(C)CC(=O)NCc1ccc(C(=O)O)cc1.COC(=O)[C@H](C)N(C)C(=O)CC(C)C. The molecule has 2 aromatic carbocycles. The van der Waals surface area contributed by atoms with Crippen molar-refractivity contribution in [1.82, 2.24) is 39.9 Å². The first-order valence-electron chi connectivity index (χ1n) is 38.7. The number of anilines is 3. The quantitative estimate of drug-likeness (QED) is 0.0310. The molecule has 0 unspecified atom stereocenters. The maximum Gasteiger partial charge on any atom is 0.335 e. The number of ether oxygens (including phenoxy) is 1. The van der Waals surface area contributed by atoms with Gasteiger partial charge in [-0.2, -0.15) is 0 Å². The minimum absolute atomic E-state index is 0.0115. The molecule has 0 radical (unpaired) electrons. The van der Waals surface area contributed by atoms with Gasteiger partial charge >= 0.3 is 23.9 Å². The van der Waals surface area contributed by atoms with E-state index in [-0.39, 0.29) is 71.1 Å². The van der Waals surface area contributed by atoms with E-state index in [1.807, 2.05) is 171 Å². The van der Waals surface area contributed by atoms with Gasteiger partial charge in [-0.15, -0.1) is 0 Å². The molecule has 8 amide bonds. The highest BCUT2D eigenvalue weighted by atomic mass is 16.5. The molecule has 114 heavy (non-hydrogen) atoms. The molecule has 27 nitrogen and oxygen atoms in total. The molecular weight excluding hydrogens is 1460 g/mol. The standard InChI is InChI=1S/C15H21NO3.C13H17NO3.3C11H16N2O.C10H19NO3.C9H17NO3.C7H15NO/c1-11(2)8-14(17)16(3)10-13-7-5-4-6-12(13)9-15(18)19;1-9(2)7-12(15)14-8-10-3-5-11(6-4-10)13(16)17;1-9(2)8-11(14)13(3)10-4-6-12-7-5-10;1-9(2)7-11(14)13(3)10-5-4-6-12-8-10;1-9(2)8-11(14)13(3)10-6-4-5-7-12-10;1-7(2)6-9(12)11(4)8(3)10(13)14-5;1-6(2)5-8(11)10(4)7(3)9(12)13;1-6(2)5-7(9)8(3)4/h4-7,11H,8-10H2,1-3H3,(H,18,19);3-6,9H,7-8H2,1-2H3,(H,14,15)(H,16,17);4-7,9H,8H2,1-3H3;4-6,8-9H,7H2,1-3H3;4-7,9H,8H2,1-3H3;7-8H,6H2,1-5H3;6-7H,5H2,1-4H3,(H,12,13);6H,5H2,1-4H3/t;;;;;8-;7-;/m.....00./s1. The van der Waals surface area contributed by atoms with Crippen molar-refractivity contribution >= 4 is 88.3 Å². The van der Waals surface area contributed by atoms with Gasteiger partial charge in [-0.3, -0.25) is 58.0 Å². The van der Waals surface area contributed by atoms with Crippen LogP contribution in [0, 0.1) is 47.3 Å². The third kappa shape index (κ3) is 51.2. The first kappa shape index (κ1) is 108. The molecule has 0 saturated heterocycles. The molecule has 2 atom stereocenters. The molecule has 5 rings (SSSR count). The van der Waals surface area contributed by atoms with E-state index >= 15 is 0 Å². The smallest absolute Gasteiger partial charge is 0.335 e. The molecule has 0 aliphatic carbocycles. The first-order valence-corrected chi connectivity index (χ1v) is 38.7. The summed E-state index contributed by atoms with van der Waals surface area (Å²) in [5.41, 5.74) is 4.54. The highest BCUT2D eigenvalue weighted by molar-refractivity contribution is 5.94. The number of aromatic nitrogens is 3. The van der Waals surface area contributed by atoms with Crippen molar-refractivity contribution in [3.8, 4) is 0 Å². The zero-order valence-corrected chi connectivity index (χ0v) is 73.2. The van der Waals surface area contributed by atoms with Gasteiger partial charge in [0.1, 0.15) is 17.9 Å². The molecule has 3 heterocycles. The second-order valence-electron chi connectivity index (χ2n) is 31.1. The van der Waals surface area contributed by atoms with Crippen LogP contribution in [0.1, 0.15) is 203 Å². The highest BCUT2D eigenvalue weighted by Crippen LogP contribution is 2.18. The molecule has 0 bridgehead atoms. The van der Waals surface area contributed by atoms with Crippen molar-refractivity contribution in [2.24, 2.45) is 47.3 Å². The van der Waals surface area contributed by atoms with Gasteiger partial charge in [0.15, 0.2) is 0 Å². The predicted molar refractivity (Wildman–Crippen MR) is 451 cm³/mol. The number of pyridine rings is 3. The molecule has 3 aromatic heterocycles. The van der Waals surface area contributed by atoms with Crippen LogP contribution in [-0.4, -0.2) is 197 Å². The van der Waals surface area contributed by atoms with Gasteiger partial charge in [0.25, 0.3) is 0 Å². The van der Waals surface area contributed by atoms with E-state index in [2.05, 4.69) is 25.0 Å². The van der Waals surface area contributed by atoms with Crippen LogP contribution in [0.2, 0.25) is 0 Å². The van der Waals surface area contributed by atoms with E-state index in [9.17, 15) is 57.5 Å². The first-order chi connectivity index (χ1) is 53.0. The van der Waals surface area contributed by atoms with E-state index < -0.39 is 30.0 Å². The van der Waals surface area contributed by atoms with Crippen LogP contribution in [0.3, 0.4) is 0 Å². The van der Waals surface area contributed by atoms with Gasteiger partial charge in [0.05, 0.1) is 31.0 Å². The van der Waals surface area contributed by atoms with Gasteiger partial charge < -0.3 is 54.8 Å². The molecule has 0 spiro atoms. The van der Waals surface area contributed by atoms with E-state index in [0.29, 0.717) is 112 Å². The fourth-order valence-electron chi connectivity index (χ4n) is 9.30. The van der Waals surface area contributed by atoms with Crippen LogP contribution in [-0.2, 0) is 77.0 Å². The number of aromatic carboxylic acids is 1. The number of carbonyl (C=O) groups is 12. The lowest BCUT2D eigenvalue weighted by atomic mass is 10.0. The number of likely N-dealkylation sites (N-methyl/N-ethyl adjacent to an activating group) is 2. The lowest BCUT2D eigenvalue weighted by molar-refractivity contribution is -0.151. The number of carbonyl (C=O) groups excluding carboxylic acids is 9. The Morgan fingerprint density at radius 3 is 1.20 bits per heavy atom. The molecule has 5 aromatic rings. The number of hydrogen-bond donors (Lipinski definition) is 4. The average molecular weight is 1590 g/mol. The van der Waals surface area contributed by atoms with Gasteiger partial charge in [-0.05, 0) is 126 Å². The zero-order chi connectivity index (χ0) is 88.2. The molecular formula is C87H137N11O16. The summed E-state index contributed by atoms with van der Waals surface area (Å²) in [6.07, 6.45) is 12.7. The van der Waals surface area contributed by atoms with Gasteiger partial charge in [0, 0.05) is 151 Å². The molecule has 0 saturated carbocycles. The normalized spacial score (nSPS) is 10.8. The summed E-state index contributed by atoms with van der Waals surface area (Å²) in [5.74, 6) is 0.959. The maximum atomic E-state index is 11.9. The molecule has 27 heteroatoms. The lowest BCUT2D eigenvalue weighted by Crippen LogP contribution is -2.41. The van der Waals surface area contributed by atoms with Gasteiger partial charge in [0.2, 0.25) is 47.3 Å². The number of nitrogens with zero attached hydrogens (tertiary/aromatic N) is 10. The number of benzene rings is 2. The van der Waals surface area contributed by atoms with E-state index in [0.717, 1.165) is 28.1 Å². The fraction of sp³-hybridized carbons (Fsp3) is 0.552. The molecule has 0 aliphatic heterocycles. The minimum atomic E-state index is -0.973. The summed E-state index contributed by atoms with van der Waals surface area (Å²) in [6.45, 7) is 36.1. The van der Waals surface area contributed by atoms with Gasteiger partial charge in [-0.1, -0.05) is 153 Å². The monoisotopic (exact) mass is 1590 g/mol. The number of carboxylic acid groups (broad SMARTS) is 3. The van der Waals surface area contributed by atoms with Crippen LogP contribution in [0.4, 0.5) is 17.2 Å². The number of rotatable bonds is 30. The molecule has 0 aliphatic rings. The number of nitrogens with one attached hydrogen (secondary N) is 1. The number of hydrogen-bond acceptors (Lipinski definition) is 16. The van der Waals surface area contributed by atoms with E-state index in [1.165, 1.54) is 43.0 Å². The van der Waals surface area contributed by atoms with Crippen molar-refractivity contribution in [1.29, 1.82) is 0 Å². The maximum absolute atomic E-state index is 11.9. The van der Waals surface area contributed by atoms with Crippen molar-refractivity contribution in [2.75, 3.05) is 78.2 Å². The van der Waals surface area contributed by atoms with Crippen molar-refractivity contribution < 1.29 is 77.6 Å². The number of esters is 1. The molecule has 0 fully saturated rings. The topological polar surface area (TPSA) is 348 Å². The van der Waals surface area contributed by atoms with Crippen molar-refractivity contribution in [2.45, 2.75) is 208 Å². The largest absolute Gasteiger partial charge is 0.481 e. The second-order valence-corrected chi connectivity index (χ2v) is 31.1. The number of carboxylic acids is 3. The summed E-state index contributed by atoms with van der Waals surface area (Å²) in [6, 6.07) is 25.5. The number of methoxy groups -OCH3 is 1. The Bertz CT molecular complexity index is 3480. The molecule has 4 N–H and O–H groups in total. The van der Waals surface area contributed by atoms with E-state index in [4.69, 9.17) is 15.3 Å². The Balaban J connectivity index is -0.00000124. The van der Waals surface area contributed by atoms with Gasteiger partial charge in [-0.25, -0.2) is 19.4 Å². The van der Waals surface area contributed by atoms with Crippen LogP contribution in [0.15, 0.2) is 122 Å². The third-order valence-corrected chi connectivity index (χ3v) is 16.2. The summed E-state index contributed by atoms with van der Waals surface area (Å²) in [5, 5.41) is 29.0. The summed E-state index contributed by atoms with van der Waals surface area (Å²) in [4.78, 5) is 158. The van der Waals surface area contributed by atoms with Crippen molar-refractivity contribution in [3.63, 3.8) is 0 Å². The van der Waals surface area contributed by atoms with Crippen LogP contribution in [0.5, 0.6) is 0 Å². The lowest BCUT2D eigenvalue weighted by Gasteiger charge is -2.23. The highest BCUT2D eigenvalue weighted by Gasteiger charge is 2.25. The summed E-state index contributed by atoms with van der Waals surface area (Å²) >= 11 is 0. The van der Waals surface area contributed by atoms with Crippen LogP contribution < -0.4 is 20.0 Å². The summed E-state index contributed by atoms with van der Waals surface area (Å²) < 4.78 is 4.56. The summed E-state index contributed by atoms with van der Waals surface area (Å²) in [7, 11) is 15.1. The Morgan fingerprint density at radius 1 is 0.404 bits per heavy atom. The van der Waals surface area contributed by atoms with Crippen molar-refractivity contribution in [3.05, 3.63) is 144 Å². The fourth-order valence-corrected chi connectivity index (χ4v) is 9.30. The Hall–Kier alpha value is -10.5. The van der Waals surface area contributed by atoms with Crippen LogP contribution >= 0.6 is 0 Å². The predicted octanol–water partition coefficient (Wildman–Crippen LogP) is 13.8. The third-order valence-electron chi connectivity index (χ3n) is 16.2.